The van der Waals surface area contributed by atoms with E-state index in [9.17, 15) is 27.9 Å². The second kappa shape index (κ2) is 14.5. The molecular formula is C37H47F4N3O5. The number of piperidine rings is 2. The highest BCUT2D eigenvalue weighted by atomic mass is 19.4. The molecule has 3 saturated heterocycles. The van der Waals surface area contributed by atoms with Gasteiger partial charge in [-0.15, -0.1) is 0 Å². The second-order valence-electron chi connectivity index (χ2n) is 14.3. The molecule has 2 aromatic carbocycles. The van der Waals surface area contributed by atoms with Crippen LogP contribution in [0.3, 0.4) is 0 Å². The Labute approximate surface area is 285 Å². The van der Waals surface area contributed by atoms with Crippen molar-refractivity contribution in [2.45, 2.75) is 87.1 Å². The summed E-state index contributed by atoms with van der Waals surface area (Å²) < 4.78 is 70.2. The predicted octanol–water partition coefficient (Wildman–Crippen LogP) is 6.49. The molecule has 3 heterocycles. The number of amides is 1. The van der Waals surface area contributed by atoms with Crippen molar-refractivity contribution in [3.8, 4) is 5.75 Å². The first kappa shape index (κ1) is 35.4. The van der Waals surface area contributed by atoms with Crippen LogP contribution in [0.5, 0.6) is 5.75 Å². The van der Waals surface area contributed by atoms with E-state index in [1.165, 1.54) is 19.2 Å². The van der Waals surface area contributed by atoms with Crippen LogP contribution in [0.1, 0.15) is 79.9 Å². The van der Waals surface area contributed by atoms with Crippen molar-refractivity contribution >= 4 is 17.6 Å². The number of methoxy groups -OCH3 is 2. The van der Waals surface area contributed by atoms with Crippen molar-refractivity contribution in [1.29, 1.82) is 0 Å². The van der Waals surface area contributed by atoms with E-state index in [0.29, 0.717) is 56.8 Å². The Morgan fingerprint density at radius 1 is 0.959 bits per heavy atom. The van der Waals surface area contributed by atoms with Crippen LogP contribution in [-0.2, 0) is 20.5 Å². The lowest BCUT2D eigenvalue weighted by atomic mass is 9.81. The van der Waals surface area contributed by atoms with Crippen LogP contribution in [0.15, 0.2) is 42.5 Å². The number of anilines is 1. The molecule has 4 aliphatic rings. The topological polar surface area (TPSA) is 82.5 Å². The van der Waals surface area contributed by atoms with Crippen LogP contribution < -0.4 is 9.64 Å². The minimum atomic E-state index is -4.54. The SMILES string of the molecule is COC[C@@H]1C[C@@H](c2ccc(C(F)(F)F)cc2N2CCC(C(=O)O)CC2)CCN1C(=O)[C@]1(F)CN(C2CCCC2)C[C@H]1c1ccc(OC)cc1. The highest BCUT2D eigenvalue weighted by Crippen LogP contribution is 2.46. The molecule has 268 valence electrons. The molecule has 3 aliphatic heterocycles. The number of carboxylic acid groups (broad SMARTS) is 1. The van der Waals surface area contributed by atoms with Crippen molar-refractivity contribution < 1.29 is 41.7 Å². The average molecular weight is 690 g/mol. The zero-order valence-corrected chi connectivity index (χ0v) is 28.3. The number of halogens is 4. The van der Waals surface area contributed by atoms with Gasteiger partial charge >= 0.3 is 12.1 Å². The van der Waals surface area contributed by atoms with Crippen LogP contribution in [-0.4, -0.2) is 98.1 Å². The Bertz CT molecular complexity index is 1480. The number of hydrogen-bond acceptors (Lipinski definition) is 6. The van der Waals surface area contributed by atoms with Crippen molar-refractivity contribution in [2.75, 3.05) is 58.5 Å². The number of ether oxygens (including phenoxy) is 2. The third kappa shape index (κ3) is 7.27. The van der Waals surface area contributed by atoms with Crippen molar-refractivity contribution in [3.05, 3.63) is 59.2 Å². The summed E-state index contributed by atoms with van der Waals surface area (Å²) in [5, 5.41) is 9.48. The normalized spacial score (nSPS) is 27.5. The van der Waals surface area contributed by atoms with Gasteiger partial charge in [0.1, 0.15) is 5.75 Å². The maximum atomic E-state index is 17.7. The van der Waals surface area contributed by atoms with Crippen LogP contribution >= 0.6 is 0 Å². The van der Waals surface area contributed by atoms with Gasteiger partial charge in [0.05, 0.1) is 31.2 Å². The molecule has 1 saturated carbocycles. The molecule has 1 amide bonds. The molecule has 0 unspecified atom stereocenters. The van der Waals surface area contributed by atoms with E-state index in [0.717, 1.165) is 42.9 Å². The first-order chi connectivity index (χ1) is 23.4. The number of carboxylic acids is 1. The van der Waals surface area contributed by atoms with Gasteiger partial charge in [-0.3, -0.25) is 14.5 Å². The molecule has 4 fully saturated rings. The maximum Gasteiger partial charge on any atom is 0.416 e. The molecule has 0 aromatic heterocycles. The number of benzene rings is 2. The summed E-state index contributed by atoms with van der Waals surface area (Å²) in [5.41, 5.74) is -0.996. The molecule has 12 heteroatoms. The maximum absolute atomic E-state index is 17.7. The number of aliphatic carboxylic acids is 1. The minimum Gasteiger partial charge on any atom is -0.497 e. The average Bonchev–Trinajstić information content (AvgIpc) is 3.77. The monoisotopic (exact) mass is 689 g/mol. The number of carbonyl (C=O) groups excluding carboxylic acids is 1. The molecule has 6 rings (SSSR count). The molecule has 0 spiro atoms. The fourth-order valence-electron chi connectivity index (χ4n) is 8.72. The lowest BCUT2D eigenvalue weighted by Crippen LogP contribution is -2.57. The van der Waals surface area contributed by atoms with Gasteiger partial charge in [-0.05, 0) is 79.8 Å². The van der Waals surface area contributed by atoms with E-state index in [1.807, 2.05) is 17.0 Å². The molecular weight excluding hydrogens is 642 g/mol. The van der Waals surface area contributed by atoms with Gasteiger partial charge < -0.3 is 24.4 Å². The number of nitrogens with zero attached hydrogens (tertiary/aromatic N) is 3. The summed E-state index contributed by atoms with van der Waals surface area (Å²) in [6, 6.07) is 10.8. The first-order valence-corrected chi connectivity index (χ1v) is 17.5. The summed E-state index contributed by atoms with van der Waals surface area (Å²) in [7, 11) is 3.11. The smallest absolute Gasteiger partial charge is 0.416 e. The van der Waals surface area contributed by atoms with E-state index in [1.54, 1.807) is 24.1 Å². The number of hydrogen-bond donors (Lipinski definition) is 1. The van der Waals surface area contributed by atoms with Gasteiger partial charge in [0.15, 0.2) is 0 Å². The standard InChI is InChI=1S/C37H47F4N3O5/c1-48-22-29-19-26(31-12-9-27(37(39,40)41)20-33(31)42-16-13-25(14-17-42)34(45)46)15-18-44(29)35(47)36(38)23-43(28-5-3-4-6-28)21-32(36)24-7-10-30(49-2)11-8-24/h7-12,20,25-26,28-29,32H,3-6,13-19,21-23H2,1-2H3,(H,45,46)/t26-,29-,32-,36-/m0/s1. The highest BCUT2D eigenvalue weighted by Gasteiger charge is 2.57. The number of alkyl halides is 4. The zero-order valence-electron chi connectivity index (χ0n) is 28.3. The summed E-state index contributed by atoms with van der Waals surface area (Å²) in [4.78, 5) is 31.7. The number of rotatable bonds is 9. The lowest BCUT2D eigenvalue weighted by molar-refractivity contribution is -0.150. The Balaban J connectivity index is 1.27. The molecule has 0 radical (unpaired) electrons. The van der Waals surface area contributed by atoms with E-state index >= 15 is 4.39 Å². The van der Waals surface area contributed by atoms with E-state index in [-0.39, 0.29) is 31.7 Å². The predicted molar refractivity (Wildman–Crippen MR) is 177 cm³/mol. The van der Waals surface area contributed by atoms with Gasteiger partial charge in [-0.25, -0.2) is 4.39 Å². The summed E-state index contributed by atoms with van der Waals surface area (Å²) >= 11 is 0. The van der Waals surface area contributed by atoms with E-state index in [4.69, 9.17) is 9.47 Å². The van der Waals surface area contributed by atoms with Crippen LogP contribution in [0.2, 0.25) is 0 Å². The number of carbonyl (C=O) groups is 2. The molecule has 2 aromatic rings. The Morgan fingerprint density at radius 2 is 1.65 bits per heavy atom. The molecule has 8 nitrogen and oxygen atoms in total. The van der Waals surface area contributed by atoms with E-state index < -0.39 is 47.2 Å². The Morgan fingerprint density at radius 3 is 2.27 bits per heavy atom. The molecule has 1 aliphatic carbocycles. The van der Waals surface area contributed by atoms with Gasteiger partial charge in [0, 0.05) is 57.5 Å². The third-order valence-corrected chi connectivity index (χ3v) is 11.4. The fourth-order valence-corrected chi connectivity index (χ4v) is 8.72. The van der Waals surface area contributed by atoms with Crippen LogP contribution in [0.4, 0.5) is 23.2 Å². The first-order valence-electron chi connectivity index (χ1n) is 17.5. The number of likely N-dealkylation sites (tertiary alicyclic amines) is 2. The largest absolute Gasteiger partial charge is 0.497 e. The van der Waals surface area contributed by atoms with Gasteiger partial charge in [0.2, 0.25) is 5.67 Å². The minimum absolute atomic E-state index is 0.0160. The lowest BCUT2D eigenvalue weighted by Gasteiger charge is -2.43. The van der Waals surface area contributed by atoms with Crippen molar-refractivity contribution in [1.82, 2.24) is 9.80 Å². The molecule has 49 heavy (non-hydrogen) atoms. The molecule has 0 bridgehead atoms. The quantitative estimate of drug-likeness (QED) is 0.302. The van der Waals surface area contributed by atoms with Gasteiger partial charge in [-0.1, -0.05) is 31.0 Å². The Kier molecular flexibility index (Phi) is 10.5. The van der Waals surface area contributed by atoms with Crippen LogP contribution in [0, 0.1) is 5.92 Å². The highest BCUT2D eigenvalue weighted by molar-refractivity contribution is 5.88. The third-order valence-electron chi connectivity index (χ3n) is 11.4. The summed E-state index contributed by atoms with van der Waals surface area (Å²) in [6.07, 6.45) is 1.16. The molecule has 1 N–H and O–H groups in total. The van der Waals surface area contributed by atoms with Gasteiger partial charge in [0.25, 0.3) is 5.91 Å². The van der Waals surface area contributed by atoms with E-state index in [2.05, 4.69) is 4.90 Å². The van der Waals surface area contributed by atoms with Crippen molar-refractivity contribution in [3.63, 3.8) is 0 Å². The Hall–Kier alpha value is -3.38. The van der Waals surface area contributed by atoms with Crippen LogP contribution in [0.25, 0.3) is 0 Å². The zero-order chi connectivity index (χ0) is 34.9. The summed E-state index contributed by atoms with van der Waals surface area (Å²) in [6.45, 7) is 1.53. The molecule has 4 atom stereocenters. The summed E-state index contributed by atoms with van der Waals surface area (Å²) in [5.74, 6) is -2.19. The fraction of sp³-hybridized carbons (Fsp3) is 0.622. The van der Waals surface area contributed by atoms with Gasteiger partial charge in [-0.2, -0.15) is 13.2 Å². The van der Waals surface area contributed by atoms with Crippen molar-refractivity contribution in [2.24, 2.45) is 5.92 Å². The second-order valence-corrected chi connectivity index (χ2v) is 14.3.